The zero-order valence-electron chi connectivity index (χ0n) is 20.7. The molecular weight excluding hydrogens is 505 g/mol. The molecule has 2 heterocycles. The number of aryl methyl sites for hydroxylation is 1. The van der Waals surface area contributed by atoms with Gasteiger partial charge in [-0.05, 0) is 65.4 Å². The summed E-state index contributed by atoms with van der Waals surface area (Å²) >= 11 is 1.26. The van der Waals surface area contributed by atoms with Crippen LogP contribution in [-0.2, 0) is 4.79 Å². The normalized spacial score (nSPS) is 13.4. The van der Waals surface area contributed by atoms with Crippen LogP contribution in [0, 0.1) is 12.7 Å². The first-order valence-corrected chi connectivity index (χ1v) is 13.1. The molecule has 0 aliphatic carbocycles. The monoisotopic (exact) mass is 531 g/mol. The second-order valence-corrected chi connectivity index (χ2v) is 9.75. The lowest BCUT2D eigenvalue weighted by Gasteiger charge is -2.36. The molecule has 11 heteroatoms. The third-order valence-corrected chi connectivity index (χ3v) is 7.22. The summed E-state index contributed by atoms with van der Waals surface area (Å²) in [6.45, 7) is 4.26. The number of carbonyl (C=O) groups excluding carboxylic acids is 2. The molecule has 0 unspecified atom stereocenters. The predicted octanol–water partition coefficient (Wildman–Crippen LogP) is 3.80. The Morgan fingerprint density at radius 3 is 2.39 bits per heavy atom. The van der Waals surface area contributed by atoms with Crippen molar-refractivity contribution in [2.45, 2.75) is 12.1 Å². The maximum absolute atomic E-state index is 14.0. The van der Waals surface area contributed by atoms with Gasteiger partial charge >= 0.3 is 0 Å². The Bertz CT molecular complexity index is 1440. The maximum Gasteiger partial charge on any atom is 0.256 e. The molecule has 3 aromatic carbocycles. The molecule has 0 bridgehead atoms. The molecule has 9 nitrogen and oxygen atoms in total. The number of hydrogen-bond acceptors (Lipinski definition) is 7. The van der Waals surface area contributed by atoms with Gasteiger partial charge in [0.1, 0.15) is 5.82 Å². The number of para-hydroxylation sites is 1. The van der Waals surface area contributed by atoms with Gasteiger partial charge in [0, 0.05) is 37.6 Å². The lowest BCUT2D eigenvalue weighted by atomic mass is 10.1. The van der Waals surface area contributed by atoms with Crippen LogP contribution in [0.15, 0.2) is 78.0 Å². The van der Waals surface area contributed by atoms with Crippen molar-refractivity contribution in [2.75, 3.05) is 42.1 Å². The first kappa shape index (κ1) is 25.4. The summed E-state index contributed by atoms with van der Waals surface area (Å²) in [5.74, 6) is -0.791. The minimum Gasteiger partial charge on any atom is -0.368 e. The molecule has 5 rings (SSSR count). The maximum atomic E-state index is 14.0. The van der Waals surface area contributed by atoms with E-state index in [0.29, 0.717) is 37.0 Å². The summed E-state index contributed by atoms with van der Waals surface area (Å²) in [5.41, 5.74) is 3.68. The van der Waals surface area contributed by atoms with Crippen LogP contribution in [0.3, 0.4) is 0 Å². The van der Waals surface area contributed by atoms with Gasteiger partial charge in [0.2, 0.25) is 11.1 Å². The van der Waals surface area contributed by atoms with Crippen LogP contribution in [-0.4, -0.2) is 68.9 Å². The number of aromatic nitrogens is 4. The van der Waals surface area contributed by atoms with E-state index in [4.69, 9.17) is 0 Å². The highest BCUT2D eigenvalue weighted by Gasteiger charge is 2.24. The van der Waals surface area contributed by atoms with Crippen LogP contribution in [0.25, 0.3) is 5.69 Å². The second-order valence-electron chi connectivity index (χ2n) is 8.80. The van der Waals surface area contributed by atoms with Crippen LogP contribution in [0.2, 0.25) is 0 Å². The Morgan fingerprint density at radius 2 is 1.66 bits per heavy atom. The summed E-state index contributed by atoms with van der Waals surface area (Å²) in [6.07, 6.45) is 0. The number of rotatable bonds is 7. The zero-order chi connectivity index (χ0) is 26.5. The number of nitrogens with zero attached hydrogens (tertiary/aromatic N) is 6. The highest BCUT2D eigenvalue weighted by Crippen LogP contribution is 2.23. The van der Waals surface area contributed by atoms with Crippen LogP contribution < -0.4 is 10.2 Å². The molecule has 194 valence electrons. The molecule has 1 aromatic heterocycles. The number of anilines is 2. The molecule has 0 radical (unpaired) electrons. The fourth-order valence-electron chi connectivity index (χ4n) is 4.28. The Labute approximate surface area is 223 Å². The molecule has 0 spiro atoms. The molecule has 0 saturated carbocycles. The molecule has 1 N–H and O–H groups in total. The molecule has 1 fully saturated rings. The SMILES string of the molecule is Cc1ccccc1-n1nnnc1SCC(=O)Nc1ccc(N2CCN(C(=O)c3ccccc3F)CC2)cc1. The van der Waals surface area contributed by atoms with Gasteiger partial charge in [0.25, 0.3) is 5.91 Å². The first-order valence-electron chi connectivity index (χ1n) is 12.2. The van der Waals surface area contributed by atoms with Crippen molar-refractivity contribution in [3.8, 4) is 5.69 Å². The Hall–Kier alpha value is -4.25. The second kappa shape index (κ2) is 11.4. The van der Waals surface area contributed by atoms with Crippen LogP contribution in [0.5, 0.6) is 0 Å². The van der Waals surface area contributed by atoms with Crippen molar-refractivity contribution < 1.29 is 14.0 Å². The van der Waals surface area contributed by atoms with E-state index in [2.05, 4.69) is 25.7 Å². The van der Waals surface area contributed by atoms with E-state index in [1.807, 2.05) is 55.5 Å². The molecule has 38 heavy (non-hydrogen) atoms. The van der Waals surface area contributed by atoms with E-state index < -0.39 is 5.82 Å². The van der Waals surface area contributed by atoms with Gasteiger partial charge in [0.15, 0.2) is 0 Å². The smallest absolute Gasteiger partial charge is 0.256 e. The quantitative estimate of drug-likeness (QED) is 0.363. The number of nitrogens with one attached hydrogen (secondary N) is 1. The first-order chi connectivity index (χ1) is 18.5. The average Bonchev–Trinajstić information content (AvgIpc) is 3.41. The van der Waals surface area contributed by atoms with Gasteiger partial charge in [-0.2, -0.15) is 4.68 Å². The number of thioether (sulfide) groups is 1. The van der Waals surface area contributed by atoms with E-state index in [-0.39, 0.29) is 23.1 Å². The Morgan fingerprint density at radius 1 is 0.947 bits per heavy atom. The van der Waals surface area contributed by atoms with Crippen molar-refractivity contribution in [3.63, 3.8) is 0 Å². The van der Waals surface area contributed by atoms with Crippen molar-refractivity contribution in [3.05, 3.63) is 89.7 Å². The molecule has 1 aliphatic heterocycles. The van der Waals surface area contributed by atoms with Crippen molar-refractivity contribution in [2.24, 2.45) is 0 Å². The average molecular weight is 532 g/mol. The Kier molecular flexibility index (Phi) is 7.64. The van der Waals surface area contributed by atoms with Crippen LogP contribution >= 0.6 is 11.8 Å². The summed E-state index contributed by atoms with van der Waals surface area (Å²) in [6, 6.07) is 21.4. The van der Waals surface area contributed by atoms with E-state index in [9.17, 15) is 14.0 Å². The summed E-state index contributed by atoms with van der Waals surface area (Å²) in [5, 5.41) is 15.3. The number of piperazine rings is 1. The molecule has 4 aromatic rings. The Balaban J connectivity index is 1.12. The summed E-state index contributed by atoms with van der Waals surface area (Å²) < 4.78 is 15.6. The van der Waals surface area contributed by atoms with E-state index in [0.717, 1.165) is 16.9 Å². The van der Waals surface area contributed by atoms with Gasteiger partial charge < -0.3 is 15.1 Å². The molecule has 2 amide bonds. The van der Waals surface area contributed by atoms with Gasteiger partial charge in [0.05, 0.1) is 17.0 Å². The largest absolute Gasteiger partial charge is 0.368 e. The highest BCUT2D eigenvalue weighted by molar-refractivity contribution is 7.99. The number of hydrogen-bond donors (Lipinski definition) is 1. The summed E-state index contributed by atoms with van der Waals surface area (Å²) in [4.78, 5) is 29.1. The van der Waals surface area contributed by atoms with Gasteiger partial charge in [-0.15, -0.1) is 5.10 Å². The van der Waals surface area contributed by atoms with Crippen LogP contribution in [0.1, 0.15) is 15.9 Å². The fraction of sp³-hybridized carbons (Fsp3) is 0.222. The standard InChI is InChI=1S/C27H26FN7O2S/c1-19-6-2-5-9-24(19)35-27(30-31-32-35)38-18-25(36)29-20-10-12-21(13-11-20)33-14-16-34(17-15-33)26(37)22-7-3-4-8-23(22)28/h2-13H,14-18H2,1H3,(H,29,36). The minimum atomic E-state index is -0.499. The van der Waals surface area contributed by atoms with Gasteiger partial charge in [-0.1, -0.05) is 42.1 Å². The van der Waals surface area contributed by atoms with Crippen molar-refractivity contribution in [1.82, 2.24) is 25.1 Å². The third-order valence-electron chi connectivity index (χ3n) is 6.30. The van der Waals surface area contributed by atoms with E-state index >= 15 is 0 Å². The summed E-state index contributed by atoms with van der Waals surface area (Å²) in [7, 11) is 0. The zero-order valence-corrected chi connectivity index (χ0v) is 21.6. The number of amides is 2. The van der Waals surface area contributed by atoms with Crippen molar-refractivity contribution in [1.29, 1.82) is 0 Å². The molecular formula is C27H26FN7O2S. The van der Waals surface area contributed by atoms with Gasteiger partial charge in [-0.3, -0.25) is 9.59 Å². The number of halogens is 1. The molecule has 0 atom stereocenters. The third kappa shape index (κ3) is 5.67. The predicted molar refractivity (Wildman–Crippen MR) is 144 cm³/mol. The lowest BCUT2D eigenvalue weighted by Crippen LogP contribution is -2.49. The number of tetrazole rings is 1. The minimum absolute atomic E-state index is 0.103. The van der Waals surface area contributed by atoms with E-state index in [1.54, 1.807) is 21.7 Å². The molecule has 1 aliphatic rings. The fourth-order valence-corrected chi connectivity index (χ4v) is 4.96. The van der Waals surface area contributed by atoms with Gasteiger partial charge in [-0.25, -0.2) is 4.39 Å². The highest BCUT2D eigenvalue weighted by atomic mass is 32.2. The molecule has 1 saturated heterocycles. The van der Waals surface area contributed by atoms with Crippen LogP contribution in [0.4, 0.5) is 15.8 Å². The van der Waals surface area contributed by atoms with E-state index in [1.165, 1.54) is 23.9 Å². The van der Waals surface area contributed by atoms with Crippen molar-refractivity contribution >= 4 is 35.0 Å². The number of carbonyl (C=O) groups is 2. The number of benzene rings is 3. The lowest BCUT2D eigenvalue weighted by molar-refractivity contribution is -0.113. The topological polar surface area (TPSA) is 96.2 Å².